The van der Waals surface area contributed by atoms with Crippen LogP contribution in [0.4, 0.5) is 0 Å². The first-order chi connectivity index (χ1) is 15.6. The van der Waals surface area contributed by atoms with Crippen molar-refractivity contribution >= 4 is 11.9 Å². The molecular formula is C24H34N6O2. The zero-order chi connectivity index (χ0) is 22.5. The molecule has 8 nitrogen and oxygen atoms in total. The van der Waals surface area contributed by atoms with Crippen molar-refractivity contribution in [3.8, 4) is 0 Å². The maximum atomic E-state index is 12.6. The molecule has 1 aromatic carbocycles. The summed E-state index contributed by atoms with van der Waals surface area (Å²) in [6.45, 7) is 9.26. The number of amides is 1. The van der Waals surface area contributed by atoms with Crippen LogP contribution in [0.15, 0.2) is 35.3 Å². The molecule has 2 aromatic rings. The number of hydrogen-bond donors (Lipinski definition) is 1. The number of ether oxygens (including phenoxy) is 1. The molecule has 1 aromatic heterocycles. The molecule has 8 heteroatoms. The van der Waals surface area contributed by atoms with Crippen molar-refractivity contribution in [3.05, 3.63) is 52.8 Å². The Bertz CT molecular complexity index is 941. The van der Waals surface area contributed by atoms with Crippen molar-refractivity contribution in [2.24, 2.45) is 4.99 Å². The number of hydrogen-bond acceptors (Lipinski definition) is 4. The van der Waals surface area contributed by atoms with Crippen LogP contribution in [0, 0.1) is 13.8 Å². The first kappa shape index (κ1) is 22.3. The van der Waals surface area contributed by atoms with Gasteiger partial charge in [0.1, 0.15) is 6.10 Å². The fourth-order valence-corrected chi connectivity index (χ4v) is 4.51. The lowest BCUT2D eigenvalue weighted by atomic mass is 10.2. The van der Waals surface area contributed by atoms with Crippen LogP contribution in [-0.4, -0.2) is 77.4 Å². The predicted octanol–water partition coefficient (Wildman–Crippen LogP) is 1.95. The summed E-state index contributed by atoms with van der Waals surface area (Å²) < 4.78 is 7.63. The van der Waals surface area contributed by atoms with Gasteiger partial charge in [-0.05, 0) is 32.3 Å². The van der Waals surface area contributed by atoms with Gasteiger partial charge in [0, 0.05) is 57.6 Å². The molecule has 2 aliphatic heterocycles. The summed E-state index contributed by atoms with van der Waals surface area (Å²) in [4.78, 5) is 21.2. The van der Waals surface area contributed by atoms with Crippen LogP contribution in [-0.2, 0) is 22.6 Å². The third-order valence-electron chi connectivity index (χ3n) is 6.44. The van der Waals surface area contributed by atoms with E-state index in [0.717, 1.165) is 44.1 Å². The molecule has 0 spiro atoms. The van der Waals surface area contributed by atoms with E-state index in [1.807, 2.05) is 18.0 Å². The van der Waals surface area contributed by atoms with E-state index < -0.39 is 0 Å². The van der Waals surface area contributed by atoms with Crippen LogP contribution in [0.1, 0.15) is 35.4 Å². The molecule has 0 saturated carbocycles. The van der Waals surface area contributed by atoms with E-state index in [0.29, 0.717) is 26.2 Å². The second-order valence-corrected chi connectivity index (χ2v) is 8.51. The molecule has 0 radical (unpaired) electrons. The highest BCUT2D eigenvalue weighted by Gasteiger charge is 2.31. The minimum atomic E-state index is -0.239. The van der Waals surface area contributed by atoms with Gasteiger partial charge in [-0.3, -0.25) is 14.5 Å². The van der Waals surface area contributed by atoms with Crippen molar-refractivity contribution in [3.63, 3.8) is 0 Å². The Morgan fingerprint density at radius 3 is 2.53 bits per heavy atom. The lowest BCUT2D eigenvalue weighted by Crippen LogP contribution is -2.55. The summed E-state index contributed by atoms with van der Waals surface area (Å²) in [5.74, 6) is 1.01. The predicted molar refractivity (Wildman–Crippen MR) is 125 cm³/mol. The number of carbonyl (C=O) groups is 1. The minimum Gasteiger partial charge on any atom is -0.368 e. The van der Waals surface area contributed by atoms with Crippen LogP contribution in [0.3, 0.4) is 0 Å². The second-order valence-electron chi connectivity index (χ2n) is 8.51. The Kier molecular flexibility index (Phi) is 7.09. The summed E-state index contributed by atoms with van der Waals surface area (Å²) in [5.41, 5.74) is 4.65. The molecule has 0 aliphatic carbocycles. The highest BCUT2D eigenvalue weighted by molar-refractivity contribution is 5.82. The molecule has 1 unspecified atom stereocenters. The van der Waals surface area contributed by atoms with Crippen LogP contribution in [0.2, 0.25) is 0 Å². The van der Waals surface area contributed by atoms with E-state index in [1.54, 1.807) is 0 Å². The summed E-state index contributed by atoms with van der Waals surface area (Å²) in [6, 6.07) is 10.4. The highest BCUT2D eigenvalue weighted by Crippen LogP contribution is 2.17. The average Bonchev–Trinajstić information content (AvgIpc) is 3.44. The summed E-state index contributed by atoms with van der Waals surface area (Å²) in [5, 5.41) is 8.26. The number of guanidine groups is 1. The average molecular weight is 439 g/mol. The van der Waals surface area contributed by atoms with Crippen LogP contribution in [0.5, 0.6) is 0 Å². The van der Waals surface area contributed by atoms with Crippen molar-refractivity contribution in [2.45, 2.75) is 45.9 Å². The number of rotatable bonds is 5. The maximum Gasteiger partial charge on any atom is 0.251 e. The van der Waals surface area contributed by atoms with E-state index in [-0.39, 0.29) is 12.0 Å². The van der Waals surface area contributed by atoms with Gasteiger partial charge in [0.15, 0.2) is 5.96 Å². The fraction of sp³-hybridized carbons (Fsp3) is 0.542. The van der Waals surface area contributed by atoms with Crippen LogP contribution >= 0.6 is 0 Å². The smallest absolute Gasteiger partial charge is 0.251 e. The lowest BCUT2D eigenvalue weighted by Gasteiger charge is -2.37. The summed E-state index contributed by atoms with van der Waals surface area (Å²) >= 11 is 0. The first-order valence-electron chi connectivity index (χ1n) is 11.5. The lowest BCUT2D eigenvalue weighted by molar-refractivity contribution is -0.142. The molecular weight excluding hydrogens is 404 g/mol. The van der Waals surface area contributed by atoms with Gasteiger partial charge >= 0.3 is 0 Å². The van der Waals surface area contributed by atoms with Crippen molar-refractivity contribution < 1.29 is 9.53 Å². The number of carbonyl (C=O) groups excluding carboxylic acids is 1. The van der Waals surface area contributed by atoms with Gasteiger partial charge in [-0.15, -0.1) is 0 Å². The minimum absolute atomic E-state index is 0.141. The van der Waals surface area contributed by atoms with Crippen molar-refractivity contribution in [1.82, 2.24) is 24.9 Å². The van der Waals surface area contributed by atoms with Gasteiger partial charge in [-0.25, -0.2) is 0 Å². The first-order valence-corrected chi connectivity index (χ1v) is 11.5. The van der Waals surface area contributed by atoms with Gasteiger partial charge in [-0.1, -0.05) is 30.3 Å². The molecule has 4 rings (SSSR count). The quantitative estimate of drug-likeness (QED) is 0.571. The van der Waals surface area contributed by atoms with Crippen molar-refractivity contribution in [1.29, 1.82) is 0 Å². The zero-order valence-corrected chi connectivity index (χ0v) is 19.4. The number of nitrogens with zero attached hydrogens (tertiary/aromatic N) is 5. The van der Waals surface area contributed by atoms with E-state index in [4.69, 9.17) is 9.84 Å². The standard InChI is InChI=1S/C24H34N6O2/c1-18-21(19(2)30(27-18)17-20-8-5-4-6-9-20)16-26-24(25-3)29-13-11-28(12-14-29)23(31)22-10-7-15-32-22/h4-6,8-9,22H,7,10-17H2,1-3H3,(H,25,26). The summed E-state index contributed by atoms with van der Waals surface area (Å²) in [7, 11) is 1.81. The Hall–Kier alpha value is -2.87. The van der Waals surface area contributed by atoms with Crippen molar-refractivity contribution in [2.75, 3.05) is 39.8 Å². The summed E-state index contributed by atoms with van der Waals surface area (Å²) in [6.07, 6.45) is 1.59. The Morgan fingerprint density at radius 1 is 1.16 bits per heavy atom. The number of aromatic nitrogens is 2. The largest absolute Gasteiger partial charge is 0.368 e. The molecule has 3 heterocycles. The molecule has 1 atom stereocenters. The van der Waals surface area contributed by atoms with Crippen LogP contribution in [0.25, 0.3) is 0 Å². The SMILES string of the molecule is CN=C(NCc1c(C)nn(Cc2ccccc2)c1C)N1CCN(C(=O)C2CCCO2)CC1. The molecule has 2 aliphatic rings. The molecule has 0 bridgehead atoms. The van der Waals surface area contributed by atoms with E-state index in [1.165, 1.54) is 16.8 Å². The number of aliphatic imine (C=N–C) groups is 1. The molecule has 172 valence electrons. The number of aryl methyl sites for hydroxylation is 1. The number of nitrogens with one attached hydrogen (secondary N) is 1. The molecule has 1 amide bonds. The Morgan fingerprint density at radius 2 is 1.88 bits per heavy atom. The third kappa shape index (κ3) is 4.96. The van der Waals surface area contributed by atoms with Gasteiger partial charge in [-0.2, -0.15) is 5.10 Å². The molecule has 2 fully saturated rings. The Labute approximate surface area is 190 Å². The second kappa shape index (κ2) is 10.2. The Balaban J connectivity index is 1.33. The van der Waals surface area contributed by atoms with E-state index in [9.17, 15) is 4.79 Å². The van der Waals surface area contributed by atoms with Gasteiger partial charge in [0.05, 0.1) is 12.2 Å². The maximum absolute atomic E-state index is 12.6. The zero-order valence-electron chi connectivity index (χ0n) is 19.4. The highest BCUT2D eigenvalue weighted by atomic mass is 16.5. The number of piperazine rings is 1. The van der Waals surface area contributed by atoms with E-state index in [2.05, 4.69) is 58.0 Å². The normalized spacial score (nSPS) is 19.5. The molecule has 32 heavy (non-hydrogen) atoms. The van der Waals surface area contributed by atoms with Gasteiger partial charge < -0.3 is 19.9 Å². The third-order valence-corrected chi connectivity index (χ3v) is 6.44. The van der Waals surface area contributed by atoms with Crippen LogP contribution < -0.4 is 5.32 Å². The number of benzene rings is 1. The fourth-order valence-electron chi connectivity index (χ4n) is 4.51. The van der Waals surface area contributed by atoms with Gasteiger partial charge in [0.25, 0.3) is 5.91 Å². The molecule has 1 N–H and O–H groups in total. The topological polar surface area (TPSA) is 75.0 Å². The molecule has 2 saturated heterocycles. The monoisotopic (exact) mass is 438 g/mol. The van der Waals surface area contributed by atoms with Gasteiger partial charge in [0.2, 0.25) is 0 Å². The van der Waals surface area contributed by atoms with E-state index >= 15 is 0 Å².